The molecule has 1 saturated heterocycles. The smallest absolute Gasteiger partial charge is 0.259 e. The third-order valence-corrected chi connectivity index (χ3v) is 6.39. The fourth-order valence-electron chi connectivity index (χ4n) is 3.82. The third-order valence-electron chi connectivity index (χ3n) is 5.42. The molecule has 30 heavy (non-hydrogen) atoms. The lowest BCUT2D eigenvalue weighted by Crippen LogP contribution is -2.29. The Hall–Kier alpha value is -2.05. The summed E-state index contributed by atoms with van der Waals surface area (Å²) in [7, 11) is 0. The molecule has 0 saturated carbocycles. The first-order valence-corrected chi connectivity index (χ1v) is 10.9. The maximum absolute atomic E-state index is 13.2. The van der Waals surface area contributed by atoms with E-state index in [2.05, 4.69) is 15.7 Å². The van der Waals surface area contributed by atoms with E-state index in [-0.39, 0.29) is 11.8 Å². The monoisotopic (exact) mass is 462 g/mol. The van der Waals surface area contributed by atoms with E-state index in [1.165, 1.54) is 0 Å². The molecular weight excluding hydrogens is 443 g/mol. The van der Waals surface area contributed by atoms with Crippen LogP contribution in [0.1, 0.15) is 40.4 Å². The Balaban J connectivity index is 1.77. The van der Waals surface area contributed by atoms with E-state index in [0.29, 0.717) is 26.3 Å². The second-order valence-corrected chi connectivity index (χ2v) is 8.59. The number of hydrogen-bond donors (Lipinski definition) is 2. The molecule has 0 spiro atoms. The van der Waals surface area contributed by atoms with Crippen molar-refractivity contribution in [2.45, 2.75) is 25.7 Å². The number of hydrogen-bond acceptors (Lipinski definition) is 3. The number of aromatic nitrogens is 2. The molecule has 0 bridgehead atoms. The highest BCUT2D eigenvalue weighted by Gasteiger charge is 2.28. The van der Waals surface area contributed by atoms with Crippen molar-refractivity contribution < 1.29 is 4.79 Å². The third kappa shape index (κ3) is 4.21. The van der Waals surface area contributed by atoms with Gasteiger partial charge in [0.25, 0.3) is 5.91 Å². The van der Waals surface area contributed by atoms with Crippen LogP contribution in [0.15, 0.2) is 42.6 Å². The zero-order chi connectivity index (χ0) is 21.3. The number of nitrogens with one attached hydrogen (secondary N) is 2. The molecule has 2 N–H and O–H groups in total. The zero-order valence-corrected chi connectivity index (χ0v) is 18.7. The van der Waals surface area contributed by atoms with Crippen molar-refractivity contribution in [3.63, 3.8) is 0 Å². The highest BCUT2D eigenvalue weighted by molar-refractivity contribution is 6.36. The summed E-state index contributed by atoms with van der Waals surface area (Å²) in [4.78, 5) is 13.2. The molecule has 1 aromatic heterocycles. The minimum absolute atomic E-state index is 0.197. The molecule has 2 aromatic carbocycles. The molecule has 0 aliphatic carbocycles. The summed E-state index contributed by atoms with van der Waals surface area (Å²) >= 11 is 18.7. The Morgan fingerprint density at radius 1 is 1.13 bits per heavy atom. The number of piperidine rings is 1. The van der Waals surface area contributed by atoms with Gasteiger partial charge in [-0.3, -0.25) is 4.79 Å². The Bertz CT molecular complexity index is 1090. The second-order valence-electron chi connectivity index (χ2n) is 7.34. The van der Waals surface area contributed by atoms with Gasteiger partial charge in [0.1, 0.15) is 0 Å². The average molecular weight is 464 g/mol. The van der Waals surface area contributed by atoms with Crippen molar-refractivity contribution in [1.82, 2.24) is 15.1 Å². The molecular formula is C22H21Cl3N4O. The molecule has 0 unspecified atom stereocenters. The van der Waals surface area contributed by atoms with Gasteiger partial charge < -0.3 is 10.6 Å². The van der Waals surface area contributed by atoms with Gasteiger partial charge >= 0.3 is 0 Å². The van der Waals surface area contributed by atoms with E-state index in [0.717, 1.165) is 42.9 Å². The average Bonchev–Trinajstić information content (AvgIpc) is 3.18. The summed E-state index contributed by atoms with van der Waals surface area (Å²) in [5.41, 5.74) is 3.67. The quantitative estimate of drug-likeness (QED) is 0.509. The number of carbonyl (C=O) groups excluding carboxylic acids is 1. The SMILES string of the molecule is Cc1c(Cl)cccc1-n1ncc(C(=O)Nc2cc(Cl)ccc2Cl)c1C1CCNCC1. The molecule has 1 fully saturated rings. The number of amides is 1. The molecule has 4 rings (SSSR count). The predicted octanol–water partition coefficient (Wildman–Crippen LogP) is 5.86. The number of halogens is 3. The topological polar surface area (TPSA) is 59.0 Å². The standard InChI is InChI=1S/C22H21Cl3N4O/c1-13-17(24)3-2-4-20(13)29-21(14-7-9-26-10-8-14)16(12-27-29)22(30)28-19-11-15(23)5-6-18(19)25/h2-6,11-12,14,26H,7-10H2,1H3,(H,28,30). The summed E-state index contributed by atoms with van der Waals surface area (Å²) in [5, 5.41) is 12.4. The lowest BCUT2D eigenvalue weighted by atomic mass is 9.91. The summed E-state index contributed by atoms with van der Waals surface area (Å²) in [6.45, 7) is 3.74. The first-order chi connectivity index (χ1) is 14.5. The highest BCUT2D eigenvalue weighted by Crippen LogP contribution is 2.33. The molecule has 156 valence electrons. The van der Waals surface area contributed by atoms with E-state index in [1.54, 1.807) is 24.4 Å². The molecule has 1 aliphatic rings. The molecule has 3 aromatic rings. The van der Waals surface area contributed by atoms with Crippen LogP contribution in [0.5, 0.6) is 0 Å². The Kier molecular flexibility index (Phi) is 6.34. The van der Waals surface area contributed by atoms with Crippen molar-refractivity contribution in [3.8, 4) is 5.69 Å². The Morgan fingerprint density at radius 2 is 1.90 bits per heavy atom. The van der Waals surface area contributed by atoms with Crippen molar-refractivity contribution >= 4 is 46.4 Å². The van der Waals surface area contributed by atoms with E-state index >= 15 is 0 Å². The number of nitrogens with zero attached hydrogens (tertiary/aromatic N) is 2. The van der Waals surface area contributed by atoms with Crippen LogP contribution < -0.4 is 10.6 Å². The molecule has 8 heteroatoms. The molecule has 0 radical (unpaired) electrons. The maximum Gasteiger partial charge on any atom is 0.259 e. The molecule has 1 amide bonds. The van der Waals surface area contributed by atoms with Crippen molar-refractivity contribution in [3.05, 3.63) is 74.5 Å². The summed E-state index contributed by atoms with van der Waals surface area (Å²) in [6.07, 6.45) is 3.46. The van der Waals surface area contributed by atoms with Crippen LogP contribution in [0, 0.1) is 6.92 Å². The van der Waals surface area contributed by atoms with Gasteiger partial charge in [-0.05, 0) is 68.8 Å². The van der Waals surface area contributed by atoms with Gasteiger partial charge in [0.2, 0.25) is 0 Å². The van der Waals surface area contributed by atoms with Gasteiger partial charge in [-0.2, -0.15) is 5.10 Å². The minimum atomic E-state index is -0.265. The van der Waals surface area contributed by atoms with Crippen LogP contribution in [0.25, 0.3) is 5.69 Å². The van der Waals surface area contributed by atoms with Gasteiger partial charge in [0, 0.05) is 16.0 Å². The van der Waals surface area contributed by atoms with Gasteiger partial charge in [-0.1, -0.05) is 40.9 Å². The van der Waals surface area contributed by atoms with Crippen LogP contribution in [0.2, 0.25) is 15.1 Å². The van der Waals surface area contributed by atoms with Crippen molar-refractivity contribution in [1.29, 1.82) is 0 Å². The second kappa shape index (κ2) is 8.98. The lowest BCUT2D eigenvalue weighted by Gasteiger charge is -2.25. The van der Waals surface area contributed by atoms with Gasteiger partial charge in [0.15, 0.2) is 0 Å². The summed E-state index contributed by atoms with van der Waals surface area (Å²) in [6, 6.07) is 10.7. The van der Waals surface area contributed by atoms with Gasteiger partial charge in [-0.25, -0.2) is 4.68 Å². The molecule has 0 atom stereocenters. The predicted molar refractivity (Wildman–Crippen MR) is 123 cm³/mol. The number of carbonyl (C=O) groups is 1. The Morgan fingerprint density at radius 3 is 2.67 bits per heavy atom. The fraction of sp³-hybridized carbons (Fsp3) is 0.273. The van der Waals surface area contributed by atoms with Crippen LogP contribution in [-0.2, 0) is 0 Å². The van der Waals surface area contributed by atoms with Crippen LogP contribution in [0.4, 0.5) is 5.69 Å². The van der Waals surface area contributed by atoms with Gasteiger partial charge in [-0.15, -0.1) is 0 Å². The molecule has 1 aliphatic heterocycles. The molecule has 5 nitrogen and oxygen atoms in total. The number of rotatable bonds is 4. The lowest BCUT2D eigenvalue weighted by molar-refractivity contribution is 0.102. The van der Waals surface area contributed by atoms with E-state index in [1.807, 2.05) is 29.8 Å². The Labute approximate surface area is 190 Å². The summed E-state index contributed by atoms with van der Waals surface area (Å²) < 4.78 is 1.85. The zero-order valence-electron chi connectivity index (χ0n) is 16.4. The van der Waals surface area contributed by atoms with Crippen molar-refractivity contribution in [2.75, 3.05) is 18.4 Å². The van der Waals surface area contributed by atoms with Crippen LogP contribution >= 0.6 is 34.8 Å². The van der Waals surface area contributed by atoms with Crippen LogP contribution in [-0.4, -0.2) is 28.8 Å². The first kappa shape index (κ1) is 21.2. The van der Waals surface area contributed by atoms with E-state index < -0.39 is 0 Å². The minimum Gasteiger partial charge on any atom is -0.320 e. The largest absolute Gasteiger partial charge is 0.320 e. The fourth-order valence-corrected chi connectivity index (χ4v) is 4.33. The number of anilines is 1. The molecule has 2 heterocycles. The first-order valence-electron chi connectivity index (χ1n) is 9.76. The number of benzene rings is 2. The van der Waals surface area contributed by atoms with E-state index in [4.69, 9.17) is 34.8 Å². The van der Waals surface area contributed by atoms with Crippen LogP contribution in [0.3, 0.4) is 0 Å². The van der Waals surface area contributed by atoms with E-state index in [9.17, 15) is 4.79 Å². The maximum atomic E-state index is 13.2. The highest BCUT2D eigenvalue weighted by atomic mass is 35.5. The summed E-state index contributed by atoms with van der Waals surface area (Å²) in [5.74, 6) is -0.0682. The van der Waals surface area contributed by atoms with Crippen molar-refractivity contribution in [2.24, 2.45) is 0 Å². The normalized spacial score (nSPS) is 14.7. The van der Waals surface area contributed by atoms with Gasteiger partial charge in [0.05, 0.1) is 33.9 Å².